The molecule has 0 amide bonds. The molecule has 0 spiro atoms. The molecule has 0 N–H and O–H groups in total. The summed E-state index contributed by atoms with van der Waals surface area (Å²) < 4.78 is 4.83. The van der Waals surface area contributed by atoms with Crippen LogP contribution < -0.4 is 0 Å². The Morgan fingerprint density at radius 3 is 2.29 bits per heavy atom. The lowest BCUT2D eigenvalue weighted by Gasteiger charge is -2.03. The summed E-state index contributed by atoms with van der Waals surface area (Å²) in [5.41, 5.74) is 3.00. The monoisotopic (exact) mass is 277 g/mol. The lowest BCUT2D eigenvalue weighted by molar-refractivity contribution is -0.137. The van der Waals surface area contributed by atoms with Crippen LogP contribution in [0.2, 0.25) is 0 Å². The number of nitrogens with zero attached hydrogens (tertiary/aromatic N) is 1. The van der Waals surface area contributed by atoms with Crippen molar-refractivity contribution in [3.8, 4) is 17.2 Å². The highest BCUT2D eigenvalue weighted by molar-refractivity contribution is 5.97. The average molecular weight is 277 g/mol. The summed E-state index contributed by atoms with van der Waals surface area (Å²) in [4.78, 5) is 11.6. The predicted molar refractivity (Wildman–Crippen MR) is 82.1 cm³/mol. The Labute approximate surface area is 124 Å². The van der Waals surface area contributed by atoms with Gasteiger partial charge in [-0.1, -0.05) is 54.6 Å². The van der Waals surface area contributed by atoms with E-state index in [-0.39, 0.29) is 12.2 Å². The molecule has 0 atom stereocenters. The number of ether oxygens (including phenoxy) is 1. The Hall–Kier alpha value is -2.86. The standard InChI is InChI=1S/C18H15NO2/c1-2-21-18(20)17(13-19)12-14-8-10-16(11-9-14)15-6-4-3-5-7-15/h3-12H,2H2,1H3/b17-12-. The highest BCUT2D eigenvalue weighted by Gasteiger charge is 2.09. The lowest BCUT2D eigenvalue weighted by Crippen LogP contribution is -2.05. The zero-order valence-electron chi connectivity index (χ0n) is 11.7. The Morgan fingerprint density at radius 2 is 1.71 bits per heavy atom. The predicted octanol–water partition coefficient (Wildman–Crippen LogP) is 3.82. The summed E-state index contributed by atoms with van der Waals surface area (Å²) in [7, 11) is 0. The van der Waals surface area contributed by atoms with E-state index < -0.39 is 5.97 Å². The third kappa shape index (κ3) is 3.80. The number of carbonyl (C=O) groups is 1. The first-order chi connectivity index (χ1) is 10.2. The smallest absolute Gasteiger partial charge is 0.348 e. The first kappa shape index (κ1) is 14.5. The van der Waals surface area contributed by atoms with Crippen LogP contribution in [0.5, 0.6) is 0 Å². The van der Waals surface area contributed by atoms with Crippen LogP contribution in [0.25, 0.3) is 17.2 Å². The fourth-order valence-corrected chi connectivity index (χ4v) is 1.91. The first-order valence-electron chi connectivity index (χ1n) is 6.69. The zero-order chi connectivity index (χ0) is 15.1. The summed E-state index contributed by atoms with van der Waals surface area (Å²) in [5.74, 6) is -0.591. The Morgan fingerprint density at radius 1 is 1.10 bits per heavy atom. The molecule has 0 aromatic heterocycles. The van der Waals surface area contributed by atoms with Crippen molar-refractivity contribution < 1.29 is 9.53 Å². The van der Waals surface area contributed by atoms with Gasteiger partial charge in [-0.3, -0.25) is 0 Å². The molecule has 0 heterocycles. The van der Waals surface area contributed by atoms with E-state index in [1.54, 1.807) is 6.92 Å². The van der Waals surface area contributed by atoms with Gasteiger partial charge < -0.3 is 4.74 Å². The minimum Gasteiger partial charge on any atom is -0.462 e. The van der Waals surface area contributed by atoms with Crippen molar-refractivity contribution in [3.63, 3.8) is 0 Å². The van der Waals surface area contributed by atoms with Gasteiger partial charge in [0.1, 0.15) is 11.6 Å². The normalized spacial score (nSPS) is 10.8. The molecule has 0 unspecified atom stereocenters. The van der Waals surface area contributed by atoms with Crippen molar-refractivity contribution >= 4 is 12.0 Å². The number of carbonyl (C=O) groups excluding carboxylic acids is 1. The summed E-state index contributed by atoms with van der Waals surface area (Å²) in [6.07, 6.45) is 1.53. The van der Waals surface area contributed by atoms with E-state index in [1.807, 2.05) is 60.7 Å². The Balaban J connectivity index is 2.23. The maximum Gasteiger partial charge on any atom is 0.348 e. The summed E-state index contributed by atoms with van der Waals surface area (Å²) in [6, 6.07) is 19.5. The maximum absolute atomic E-state index is 11.6. The largest absolute Gasteiger partial charge is 0.462 e. The molecule has 104 valence electrons. The number of hydrogen-bond donors (Lipinski definition) is 0. The second-order valence-electron chi connectivity index (χ2n) is 4.38. The molecule has 0 saturated carbocycles. The summed E-state index contributed by atoms with van der Waals surface area (Å²) in [6.45, 7) is 1.96. The van der Waals surface area contributed by atoms with Crippen molar-refractivity contribution in [2.45, 2.75) is 6.92 Å². The molecule has 0 saturated heterocycles. The van der Waals surface area contributed by atoms with E-state index in [0.717, 1.165) is 16.7 Å². The van der Waals surface area contributed by atoms with Gasteiger partial charge in [-0.2, -0.15) is 5.26 Å². The van der Waals surface area contributed by atoms with Crippen molar-refractivity contribution in [3.05, 3.63) is 65.7 Å². The molecule has 0 aliphatic rings. The first-order valence-corrected chi connectivity index (χ1v) is 6.69. The maximum atomic E-state index is 11.6. The van der Waals surface area contributed by atoms with Crippen LogP contribution in [0.4, 0.5) is 0 Å². The third-order valence-corrected chi connectivity index (χ3v) is 2.94. The number of hydrogen-bond acceptors (Lipinski definition) is 3. The SMILES string of the molecule is CCOC(=O)/C(C#N)=C\c1ccc(-c2ccccc2)cc1. The van der Waals surface area contributed by atoms with Gasteiger partial charge in [0.05, 0.1) is 6.61 Å². The highest BCUT2D eigenvalue weighted by Crippen LogP contribution is 2.20. The van der Waals surface area contributed by atoms with Gasteiger partial charge in [0.2, 0.25) is 0 Å². The van der Waals surface area contributed by atoms with Gasteiger partial charge in [0.25, 0.3) is 0 Å². The quantitative estimate of drug-likeness (QED) is 0.485. The van der Waals surface area contributed by atoms with E-state index in [9.17, 15) is 4.79 Å². The molecule has 0 aliphatic heterocycles. The molecule has 2 aromatic carbocycles. The molecular formula is C18H15NO2. The van der Waals surface area contributed by atoms with Gasteiger partial charge in [-0.25, -0.2) is 4.79 Å². The van der Waals surface area contributed by atoms with Gasteiger partial charge in [0, 0.05) is 0 Å². The zero-order valence-corrected chi connectivity index (χ0v) is 11.7. The second kappa shape index (κ2) is 7.06. The van der Waals surface area contributed by atoms with Crippen LogP contribution in [0.15, 0.2) is 60.2 Å². The van der Waals surface area contributed by atoms with Crippen LogP contribution in [0, 0.1) is 11.3 Å². The van der Waals surface area contributed by atoms with Crippen LogP contribution in [-0.2, 0) is 9.53 Å². The van der Waals surface area contributed by atoms with Gasteiger partial charge >= 0.3 is 5.97 Å². The second-order valence-corrected chi connectivity index (χ2v) is 4.38. The van der Waals surface area contributed by atoms with E-state index in [4.69, 9.17) is 10.00 Å². The topological polar surface area (TPSA) is 50.1 Å². The van der Waals surface area contributed by atoms with E-state index in [1.165, 1.54) is 6.08 Å². The Kier molecular flexibility index (Phi) is 4.89. The van der Waals surface area contributed by atoms with Crippen LogP contribution >= 0.6 is 0 Å². The van der Waals surface area contributed by atoms with Gasteiger partial charge in [-0.05, 0) is 29.7 Å². The van der Waals surface area contributed by atoms with Crippen molar-refractivity contribution in [2.75, 3.05) is 6.61 Å². The molecule has 0 bridgehead atoms. The minimum absolute atomic E-state index is 0.00399. The summed E-state index contributed by atoms with van der Waals surface area (Å²) >= 11 is 0. The van der Waals surface area contributed by atoms with Crippen molar-refractivity contribution in [1.29, 1.82) is 5.26 Å². The number of nitriles is 1. The van der Waals surface area contributed by atoms with E-state index in [2.05, 4.69) is 0 Å². The number of benzene rings is 2. The number of rotatable bonds is 4. The third-order valence-electron chi connectivity index (χ3n) is 2.94. The molecule has 0 radical (unpaired) electrons. The molecule has 3 nitrogen and oxygen atoms in total. The van der Waals surface area contributed by atoms with Crippen molar-refractivity contribution in [2.24, 2.45) is 0 Å². The fraction of sp³-hybridized carbons (Fsp3) is 0.111. The van der Waals surface area contributed by atoms with E-state index >= 15 is 0 Å². The average Bonchev–Trinajstić information content (AvgIpc) is 2.54. The lowest BCUT2D eigenvalue weighted by atomic mass is 10.0. The molecular weight excluding hydrogens is 262 g/mol. The molecule has 2 aromatic rings. The molecule has 2 rings (SSSR count). The molecule has 21 heavy (non-hydrogen) atoms. The molecule has 0 aliphatic carbocycles. The molecule has 0 fully saturated rings. The van der Waals surface area contributed by atoms with Crippen LogP contribution in [0.3, 0.4) is 0 Å². The van der Waals surface area contributed by atoms with Gasteiger partial charge in [-0.15, -0.1) is 0 Å². The Bertz CT molecular complexity index is 679. The minimum atomic E-state index is -0.591. The van der Waals surface area contributed by atoms with Gasteiger partial charge in [0.15, 0.2) is 0 Å². The van der Waals surface area contributed by atoms with Crippen LogP contribution in [0.1, 0.15) is 12.5 Å². The fourth-order valence-electron chi connectivity index (χ4n) is 1.91. The highest BCUT2D eigenvalue weighted by atomic mass is 16.5. The van der Waals surface area contributed by atoms with Crippen LogP contribution in [-0.4, -0.2) is 12.6 Å². The van der Waals surface area contributed by atoms with Crippen molar-refractivity contribution in [1.82, 2.24) is 0 Å². The molecule has 3 heteroatoms. The van der Waals surface area contributed by atoms with E-state index in [0.29, 0.717) is 0 Å². The summed E-state index contributed by atoms with van der Waals surface area (Å²) in [5, 5.41) is 9.00. The number of esters is 1.